The van der Waals surface area contributed by atoms with Crippen LogP contribution in [-0.4, -0.2) is 102 Å². The molecule has 0 spiro atoms. The summed E-state index contributed by atoms with van der Waals surface area (Å²) in [6, 6.07) is 9.12. The highest BCUT2D eigenvalue weighted by molar-refractivity contribution is 7.89. The second kappa shape index (κ2) is 14.4. The molecule has 1 aromatic carbocycles. The molecule has 1 aliphatic rings. The number of nitrogens with zero attached hydrogens (tertiary/aromatic N) is 4. The summed E-state index contributed by atoms with van der Waals surface area (Å²) in [5.74, 6) is -0.159. The number of aliphatic hydroxyl groups excluding tert-OH is 1. The minimum absolute atomic E-state index is 0.0145. The Morgan fingerprint density at radius 2 is 1.83 bits per heavy atom. The van der Waals surface area contributed by atoms with Gasteiger partial charge in [-0.05, 0) is 62.6 Å². The van der Waals surface area contributed by atoms with E-state index in [0.717, 1.165) is 5.56 Å². The third-order valence-electron chi connectivity index (χ3n) is 6.81. The molecular weight excluding hydrogens is 558 g/mol. The second-order valence-electron chi connectivity index (χ2n) is 12.2. The first-order valence-corrected chi connectivity index (χ1v) is 15.7. The topological polar surface area (TPSA) is 132 Å². The number of hydrogen-bond donors (Lipinski definition) is 2. The Morgan fingerprint density at radius 3 is 2.40 bits per heavy atom. The Kier molecular flexibility index (Phi) is 11.5. The molecule has 12 heteroatoms. The SMILES string of the molecule is COc1ccc(S(=O)(=O)N(CC(C)C)CC(O)CC(=O)N2CCN(Cc3cccnc3)C[C@H]2C(=O)NC(C)(C)C)cc1. The predicted molar refractivity (Wildman–Crippen MR) is 160 cm³/mol. The van der Waals surface area contributed by atoms with Crippen molar-refractivity contribution < 1.29 is 27.9 Å². The highest BCUT2D eigenvalue weighted by atomic mass is 32.2. The largest absolute Gasteiger partial charge is 0.497 e. The number of amides is 2. The van der Waals surface area contributed by atoms with Crippen molar-refractivity contribution in [3.8, 4) is 5.75 Å². The number of hydrogen-bond acceptors (Lipinski definition) is 8. The molecule has 1 fully saturated rings. The summed E-state index contributed by atoms with van der Waals surface area (Å²) in [4.78, 5) is 34.7. The van der Waals surface area contributed by atoms with Crippen LogP contribution in [0.5, 0.6) is 5.75 Å². The standard InChI is InChI=1S/C30H45N5O6S/c1-22(2)18-34(42(39,40)26-11-9-25(41-6)10-12-26)20-24(36)16-28(37)35-15-14-33(19-23-8-7-13-31-17-23)21-27(35)29(38)32-30(3,4)5/h7-13,17,22,24,27,36H,14-16,18-21H2,1-6H3,(H,32,38)/t24?,27-/m0/s1. The van der Waals surface area contributed by atoms with Crippen molar-refractivity contribution in [2.45, 2.75) is 70.2 Å². The van der Waals surface area contributed by atoms with Crippen LogP contribution in [0.4, 0.5) is 0 Å². The van der Waals surface area contributed by atoms with Crippen LogP contribution in [0.3, 0.4) is 0 Å². The number of sulfonamides is 1. The van der Waals surface area contributed by atoms with E-state index in [1.54, 1.807) is 24.5 Å². The van der Waals surface area contributed by atoms with Crippen molar-refractivity contribution in [2.24, 2.45) is 5.92 Å². The summed E-state index contributed by atoms with van der Waals surface area (Å²) in [7, 11) is -2.44. The summed E-state index contributed by atoms with van der Waals surface area (Å²) >= 11 is 0. The first kappa shape index (κ1) is 33.4. The minimum atomic E-state index is -3.94. The zero-order valence-electron chi connectivity index (χ0n) is 25.5. The van der Waals surface area contributed by atoms with Gasteiger partial charge in [0.25, 0.3) is 0 Å². The monoisotopic (exact) mass is 603 g/mol. The molecule has 0 aliphatic carbocycles. The van der Waals surface area contributed by atoms with Gasteiger partial charge in [0.15, 0.2) is 0 Å². The van der Waals surface area contributed by atoms with Crippen molar-refractivity contribution in [3.05, 3.63) is 54.4 Å². The van der Waals surface area contributed by atoms with Gasteiger partial charge in [0.05, 0.1) is 24.5 Å². The molecule has 1 saturated heterocycles. The molecular formula is C30H45N5O6S. The number of benzene rings is 1. The lowest BCUT2D eigenvalue weighted by molar-refractivity contribution is -0.146. The number of pyridine rings is 1. The van der Waals surface area contributed by atoms with Crippen molar-refractivity contribution in [1.29, 1.82) is 0 Å². The number of rotatable bonds is 12. The Bertz CT molecular complexity index is 1280. The zero-order valence-corrected chi connectivity index (χ0v) is 26.3. The number of carbonyl (C=O) groups excluding carboxylic acids is 2. The zero-order chi connectivity index (χ0) is 31.1. The van der Waals surface area contributed by atoms with E-state index in [4.69, 9.17) is 4.74 Å². The third kappa shape index (κ3) is 9.48. The Hall–Kier alpha value is -3.06. The molecule has 0 radical (unpaired) electrons. The fourth-order valence-electron chi connectivity index (χ4n) is 4.90. The smallest absolute Gasteiger partial charge is 0.244 e. The maximum atomic E-state index is 13.5. The molecule has 2 N–H and O–H groups in total. The van der Waals surface area contributed by atoms with Crippen LogP contribution in [0, 0.1) is 5.92 Å². The first-order valence-electron chi connectivity index (χ1n) is 14.2. The van der Waals surface area contributed by atoms with Gasteiger partial charge < -0.3 is 20.1 Å². The van der Waals surface area contributed by atoms with Crippen LogP contribution in [-0.2, 0) is 26.2 Å². The molecule has 11 nitrogen and oxygen atoms in total. The predicted octanol–water partition coefficient (Wildman–Crippen LogP) is 2.12. The number of piperazine rings is 1. The van der Waals surface area contributed by atoms with Crippen LogP contribution in [0.1, 0.15) is 46.6 Å². The molecule has 0 saturated carbocycles. The summed E-state index contributed by atoms with van der Waals surface area (Å²) in [6.45, 7) is 11.1. The van der Waals surface area contributed by atoms with Crippen molar-refractivity contribution in [1.82, 2.24) is 24.4 Å². The maximum Gasteiger partial charge on any atom is 0.244 e. The van der Waals surface area contributed by atoms with Crippen LogP contribution in [0.15, 0.2) is 53.7 Å². The average molecular weight is 604 g/mol. The van der Waals surface area contributed by atoms with Gasteiger partial charge in [0, 0.05) is 57.2 Å². The quantitative estimate of drug-likeness (QED) is 0.377. The fourth-order valence-corrected chi connectivity index (χ4v) is 6.54. The Morgan fingerprint density at radius 1 is 1.14 bits per heavy atom. The lowest BCUT2D eigenvalue weighted by atomic mass is 10.0. The molecule has 0 bridgehead atoms. The van der Waals surface area contributed by atoms with Crippen LogP contribution in [0.2, 0.25) is 0 Å². The van der Waals surface area contributed by atoms with Crippen molar-refractivity contribution in [3.63, 3.8) is 0 Å². The van der Waals surface area contributed by atoms with E-state index in [1.165, 1.54) is 28.4 Å². The molecule has 2 atom stereocenters. The van der Waals surface area contributed by atoms with Gasteiger partial charge in [0.2, 0.25) is 21.8 Å². The van der Waals surface area contributed by atoms with Gasteiger partial charge in [-0.25, -0.2) is 8.42 Å². The first-order chi connectivity index (χ1) is 19.7. The van der Waals surface area contributed by atoms with Gasteiger partial charge >= 0.3 is 0 Å². The number of ether oxygens (including phenoxy) is 1. The lowest BCUT2D eigenvalue weighted by Crippen LogP contribution is -2.62. The van der Waals surface area contributed by atoms with E-state index in [0.29, 0.717) is 31.9 Å². The number of carbonyl (C=O) groups is 2. The summed E-state index contributed by atoms with van der Waals surface area (Å²) in [6.07, 6.45) is 1.91. The number of aromatic nitrogens is 1. The van der Waals surface area contributed by atoms with Crippen LogP contribution < -0.4 is 10.1 Å². The molecule has 42 heavy (non-hydrogen) atoms. The highest BCUT2D eigenvalue weighted by Crippen LogP contribution is 2.22. The van der Waals surface area contributed by atoms with Crippen LogP contribution in [0.25, 0.3) is 0 Å². The number of nitrogens with one attached hydrogen (secondary N) is 1. The third-order valence-corrected chi connectivity index (χ3v) is 8.65. The molecule has 1 aliphatic heterocycles. The average Bonchev–Trinajstić information content (AvgIpc) is 2.92. The molecule has 2 amide bonds. The van der Waals surface area contributed by atoms with Crippen molar-refractivity contribution in [2.75, 3.05) is 39.8 Å². The van der Waals surface area contributed by atoms with Crippen molar-refractivity contribution >= 4 is 21.8 Å². The normalized spacial score (nSPS) is 17.4. The summed E-state index contributed by atoms with van der Waals surface area (Å²) in [5, 5.41) is 14.0. The lowest BCUT2D eigenvalue weighted by Gasteiger charge is -2.42. The molecule has 1 aromatic heterocycles. The Labute approximate surface area is 249 Å². The van der Waals surface area contributed by atoms with E-state index in [9.17, 15) is 23.1 Å². The van der Waals surface area contributed by atoms with Gasteiger partial charge in [-0.1, -0.05) is 19.9 Å². The Balaban J connectivity index is 1.74. The van der Waals surface area contributed by atoms with E-state index in [1.807, 2.05) is 46.8 Å². The van der Waals surface area contributed by atoms with Gasteiger partial charge in [-0.2, -0.15) is 4.31 Å². The number of methoxy groups -OCH3 is 1. The van der Waals surface area contributed by atoms with Gasteiger partial charge in [-0.15, -0.1) is 0 Å². The molecule has 2 heterocycles. The van der Waals surface area contributed by atoms with E-state index < -0.39 is 33.6 Å². The van der Waals surface area contributed by atoms with E-state index in [2.05, 4.69) is 15.2 Å². The van der Waals surface area contributed by atoms with E-state index >= 15 is 0 Å². The minimum Gasteiger partial charge on any atom is -0.497 e. The molecule has 1 unspecified atom stereocenters. The number of aliphatic hydroxyl groups is 1. The summed E-state index contributed by atoms with van der Waals surface area (Å²) in [5.41, 5.74) is 0.510. The molecule has 2 aromatic rings. The summed E-state index contributed by atoms with van der Waals surface area (Å²) < 4.78 is 33.3. The van der Waals surface area contributed by atoms with Crippen LogP contribution >= 0.6 is 0 Å². The molecule has 232 valence electrons. The van der Waals surface area contributed by atoms with Gasteiger partial charge in [0.1, 0.15) is 11.8 Å². The van der Waals surface area contributed by atoms with Gasteiger partial charge in [-0.3, -0.25) is 19.5 Å². The fraction of sp³-hybridized carbons (Fsp3) is 0.567. The molecule has 3 rings (SSSR count). The maximum absolute atomic E-state index is 13.5. The van der Waals surface area contributed by atoms with E-state index in [-0.39, 0.29) is 36.2 Å². The highest BCUT2D eigenvalue weighted by Gasteiger charge is 2.37. The second-order valence-corrected chi connectivity index (χ2v) is 14.1.